The van der Waals surface area contributed by atoms with E-state index in [9.17, 15) is 0 Å². The largest absolute Gasteiger partial charge is 0.371 e. The van der Waals surface area contributed by atoms with Crippen LogP contribution in [0.5, 0.6) is 0 Å². The van der Waals surface area contributed by atoms with Gasteiger partial charge in [0, 0.05) is 31.9 Å². The second-order valence-corrected chi connectivity index (χ2v) is 6.91. The molecule has 2 saturated heterocycles. The first-order valence-electron chi connectivity index (χ1n) is 8.20. The lowest BCUT2D eigenvalue weighted by atomic mass is 9.88. The molecule has 3 heterocycles. The molecule has 1 aliphatic carbocycles. The molecule has 5 heteroatoms. The van der Waals surface area contributed by atoms with Crippen LogP contribution < -0.4 is 5.32 Å². The Labute approximate surface area is 126 Å². The van der Waals surface area contributed by atoms with Gasteiger partial charge in [-0.1, -0.05) is 0 Å². The van der Waals surface area contributed by atoms with Crippen LogP contribution in [0, 0.1) is 5.92 Å². The third-order valence-corrected chi connectivity index (χ3v) is 4.96. The van der Waals surface area contributed by atoms with Crippen molar-refractivity contribution in [3.05, 3.63) is 18.6 Å². The number of hydrogen-bond acceptors (Lipinski definition) is 5. The van der Waals surface area contributed by atoms with Crippen molar-refractivity contribution in [1.82, 2.24) is 14.9 Å². The fraction of sp³-hybridized carbons (Fsp3) is 0.750. The Hall–Kier alpha value is -1.20. The first-order chi connectivity index (χ1) is 10.3. The molecule has 0 radical (unpaired) electrons. The Bertz CT molecular complexity index is 478. The first kappa shape index (κ1) is 13.5. The molecule has 2 atom stereocenters. The molecule has 0 amide bonds. The molecule has 0 aromatic carbocycles. The van der Waals surface area contributed by atoms with Gasteiger partial charge in [-0.3, -0.25) is 4.98 Å². The third kappa shape index (κ3) is 3.19. The quantitative estimate of drug-likeness (QED) is 0.917. The molecule has 0 unspecified atom stereocenters. The lowest BCUT2D eigenvalue weighted by Crippen LogP contribution is -2.48. The van der Waals surface area contributed by atoms with Gasteiger partial charge in [0.1, 0.15) is 5.82 Å². The van der Waals surface area contributed by atoms with E-state index in [1.165, 1.54) is 38.8 Å². The highest BCUT2D eigenvalue weighted by atomic mass is 16.5. The van der Waals surface area contributed by atoms with E-state index in [4.69, 9.17) is 4.74 Å². The molecule has 5 nitrogen and oxygen atoms in total. The Morgan fingerprint density at radius 3 is 3.14 bits per heavy atom. The van der Waals surface area contributed by atoms with E-state index < -0.39 is 0 Å². The highest BCUT2D eigenvalue weighted by Gasteiger charge is 2.44. The van der Waals surface area contributed by atoms with Crippen LogP contribution in [0.15, 0.2) is 18.6 Å². The molecule has 3 aliphatic rings. The fourth-order valence-corrected chi connectivity index (χ4v) is 3.82. The number of aromatic nitrogens is 2. The van der Waals surface area contributed by atoms with Gasteiger partial charge in [-0.25, -0.2) is 4.98 Å². The Kier molecular flexibility index (Phi) is 3.55. The van der Waals surface area contributed by atoms with Gasteiger partial charge >= 0.3 is 0 Å². The number of nitrogens with one attached hydrogen (secondary N) is 1. The first-order valence-corrected chi connectivity index (χ1v) is 8.20. The smallest absolute Gasteiger partial charge is 0.144 e. The van der Waals surface area contributed by atoms with Gasteiger partial charge < -0.3 is 15.0 Å². The van der Waals surface area contributed by atoms with Crippen LogP contribution in [0.2, 0.25) is 0 Å². The van der Waals surface area contributed by atoms with Crippen LogP contribution >= 0.6 is 0 Å². The van der Waals surface area contributed by atoms with E-state index in [0.717, 1.165) is 31.3 Å². The minimum absolute atomic E-state index is 0.0764. The summed E-state index contributed by atoms with van der Waals surface area (Å²) in [6, 6.07) is 0.363. The second kappa shape index (κ2) is 5.54. The third-order valence-electron chi connectivity index (χ3n) is 4.96. The summed E-state index contributed by atoms with van der Waals surface area (Å²) in [6.07, 6.45) is 11.6. The van der Waals surface area contributed by atoms with Gasteiger partial charge in [-0.2, -0.15) is 0 Å². The molecule has 4 rings (SSSR count). The second-order valence-electron chi connectivity index (χ2n) is 6.91. The van der Waals surface area contributed by atoms with Gasteiger partial charge in [0.05, 0.1) is 24.4 Å². The topological polar surface area (TPSA) is 50.3 Å². The number of nitrogens with zero attached hydrogens (tertiary/aromatic N) is 3. The molecule has 1 saturated carbocycles. The molecular weight excluding hydrogens is 264 g/mol. The molecule has 3 fully saturated rings. The Morgan fingerprint density at radius 1 is 1.38 bits per heavy atom. The number of rotatable bonds is 4. The number of ether oxygens (including phenoxy) is 1. The average molecular weight is 288 g/mol. The molecule has 21 heavy (non-hydrogen) atoms. The summed E-state index contributed by atoms with van der Waals surface area (Å²) in [5, 5.41) is 3.46. The van der Waals surface area contributed by atoms with Crippen molar-refractivity contribution < 1.29 is 4.74 Å². The standard InChI is InChI=1S/C16H24N4O/c1-4-16(12-20(7-1)10-13-2-3-13)8-14(11-21-16)19-15-9-17-5-6-18-15/h5-6,9,13-14H,1-4,7-8,10-12H2,(H,18,19)/t14-,16+/m0/s1. The van der Waals surface area contributed by atoms with Gasteiger partial charge in [0.15, 0.2) is 0 Å². The molecule has 1 aromatic rings. The van der Waals surface area contributed by atoms with Crippen LogP contribution in [-0.4, -0.2) is 52.8 Å². The molecule has 0 bridgehead atoms. The van der Waals surface area contributed by atoms with Crippen molar-refractivity contribution in [2.75, 3.05) is 31.6 Å². The minimum atomic E-state index is 0.0764. The highest BCUT2D eigenvalue weighted by molar-refractivity contribution is 5.32. The fourth-order valence-electron chi connectivity index (χ4n) is 3.82. The van der Waals surface area contributed by atoms with E-state index in [1.54, 1.807) is 18.6 Å². The van der Waals surface area contributed by atoms with E-state index in [1.807, 2.05) is 0 Å². The zero-order valence-corrected chi connectivity index (χ0v) is 12.5. The Morgan fingerprint density at radius 2 is 2.33 bits per heavy atom. The van der Waals surface area contributed by atoms with Crippen molar-refractivity contribution in [3.63, 3.8) is 0 Å². The maximum absolute atomic E-state index is 6.25. The van der Waals surface area contributed by atoms with Crippen molar-refractivity contribution in [2.45, 2.75) is 43.7 Å². The summed E-state index contributed by atoms with van der Waals surface area (Å²) in [6.45, 7) is 4.44. The van der Waals surface area contributed by atoms with Crippen molar-refractivity contribution in [2.24, 2.45) is 5.92 Å². The van der Waals surface area contributed by atoms with Crippen LogP contribution in [0.1, 0.15) is 32.1 Å². The minimum Gasteiger partial charge on any atom is -0.371 e. The normalized spacial score (nSPS) is 33.4. The van der Waals surface area contributed by atoms with Crippen LogP contribution in [0.3, 0.4) is 0 Å². The van der Waals surface area contributed by atoms with E-state index in [-0.39, 0.29) is 5.60 Å². The molecule has 1 spiro atoms. The van der Waals surface area contributed by atoms with Gasteiger partial charge in [0.2, 0.25) is 0 Å². The maximum Gasteiger partial charge on any atom is 0.144 e. The lowest BCUT2D eigenvalue weighted by molar-refractivity contribution is -0.0521. The predicted octanol–water partition coefficient (Wildman–Crippen LogP) is 1.92. The van der Waals surface area contributed by atoms with Crippen LogP contribution in [0.4, 0.5) is 5.82 Å². The number of hydrogen-bond donors (Lipinski definition) is 1. The molecule has 114 valence electrons. The summed E-state index contributed by atoms with van der Waals surface area (Å²) in [7, 11) is 0. The average Bonchev–Trinajstić information content (AvgIpc) is 3.23. The molecule has 1 aromatic heterocycles. The molecule has 2 aliphatic heterocycles. The van der Waals surface area contributed by atoms with E-state index >= 15 is 0 Å². The lowest BCUT2D eigenvalue weighted by Gasteiger charge is -2.39. The van der Waals surface area contributed by atoms with Gasteiger partial charge in [0.25, 0.3) is 0 Å². The van der Waals surface area contributed by atoms with Crippen molar-refractivity contribution >= 4 is 5.82 Å². The summed E-state index contributed by atoms with van der Waals surface area (Å²) < 4.78 is 6.25. The number of piperidine rings is 1. The summed E-state index contributed by atoms with van der Waals surface area (Å²) in [5.41, 5.74) is 0.0764. The summed E-state index contributed by atoms with van der Waals surface area (Å²) >= 11 is 0. The highest BCUT2D eigenvalue weighted by Crippen LogP contribution is 2.37. The van der Waals surface area contributed by atoms with E-state index in [0.29, 0.717) is 6.04 Å². The number of anilines is 1. The Balaban J connectivity index is 1.35. The predicted molar refractivity (Wildman–Crippen MR) is 81.1 cm³/mol. The number of likely N-dealkylation sites (tertiary alicyclic amines) is 1. The van der Waals surface area contributed by atoms with Crippen LogP contribution in [-0.2, 0) is 4.74 Å². The van der Waals surface area contributed by atoms with Crippen molar-refractivity contribution in [1.29, 1.82) is 0 Å². The summed E-state index contributed by atoms with van der Waals surface area (Å²) in [4.78, 5) is 11.0. The summed E-state index contributed by atoms with van der Waals surface area (Å²) in [5.74, 6) is 1.82. The van der Waals surface area contributed by atoms with Crippen molar-refractivity contribution in [3.8, 4) is 0 Å². The monoisotopic (exact) mass is 288 g/mol. The SMILES string of the molecule is c1cnc(N[C@@H]2CO[C@]3(CCCN(CC4CC4)C3)C2)cn1. The van der Waals surface area contributed by atoms with Gasteiger partial charge in [-0.15, -0.1) is 0 Å². The van der Waals surface area contributed by atoms with Gasteiger partial charge in [-0.05, 0) is 38.1 Å². The van der Waals surface area contributed by atoms with Crippen LogP contribution in [0.25, 0.3) is 0 Å². The molecule has 1 N–H and O–H groups in total. The maximum atomic E-state index is 6.25. The zero-order chi connectivity index (χ0) is 14.1. The zero-order valence-electron chi connectivity index (χ0n) is 12.5. The molecular formula is C16H24N4O. The van der Waals surface area contributed by atoms with E-state index in [2.05, 4.69) is 20.2 Å².